The van der Waals surface area contributed by atoms with Crippen LogP contribution in [0.1, 0.15) is 29.5 Å². The van der Waals surface area contributed by atoms with E-state index in [2.05, 4.69) is 26.3 Å². The Morgan fingerprint density at radius 3 is 1.56 bits per heavy atom. The number of primary amides is 1. The first kappa shape index (κ1) is 41.2. The second kappa shape index (κ2) is 21.2. The van der Waals surface area contributed by atoms with Crippen molar-refractivity contribution in [2.45, 2.75) is 56.3 Å². The first-order chi connectivity index (χ1) is 26.5. The number of aliphatic hydroxyl groups excluding tert-OH is 1. The number of aliphatic imine (C=N–C) groups is 1. The van der Waals surface area contributed by atoms with Crippen molar-refractivity contribution >= 4 is 35.5 Å². The van der Waals surface area contributed by atoms with E-state index >= 15 is 0 Å². The normalized spacial score (nSPS) is 12.9. The second-order valence-corrected chi connectivity index (χ2v) is 13.0. The van der Waals surface area contributed by atoms with Crippen LogP contribution in [0.4, 0.5) is 0 Å². The number of nitrogens with two attached hydrogens (primary N) is 3. The highest BCUT2D eigenvalue weighted by atomic mass is 16.3. The molecule has 4 aromatic carbocycles. The molecule has 0 saturated heterocycles. The molecule has 0 aliphatic rings. The van der Waals surface area contributed by atoms with E-state index in [0.29, 0.717) is 11.1 Å². The Morgan fingerprint density at radius 1 is 0.545 bits per heavy atom. The van der Waals surface area contributed by atoms with Crippen molar-refractivity contribution in [1.82, 2.24) is 21.3 Å². The fourth-order valence-electron chi connectivity index (χ4n) is 5.79. The maximum Gasteiger partial charge on any atom is 0.245 e. The van der Waals surface area contributed by atoms with E-state index in [9.17, 15) is 29.1 Å². The van der Waals surface area contributed by atoms with Gasteiger partial charge in [0.05, 0.1) is 13.0 Å². The highest BCUT2D eigenvalue weighted by Crippen LogP contribution is 2.19. The molecule has 4 atom stereocenters. The van der Waals surface area contributed by atoms with Gasteiger partial charge >= 0.3 is 0 Å². The minimum absolute atomic E-state index is 0.0335. The van der Waals surface area contributed by atoms with Crippen LogP contribution >= 0.6 is 0 Å². The predicted molar refractivity (Wildman–Crippen MR) is 210 cm³/mol. The molecule has 0 fully saturated rings. The summed E-state index contributed by atoms with van der Waals surface area (Å²) < 4.78 is 0. The third-order valence-corrected chi connectivity index (χ3v) is 8.70. The van der Waals surface area contributed by atoms with Crippen LogP contribution in [0.25, 0.3) is 11.1 Å². The maximum atomic E-state index is 13.9. The molecule has 4 aromatic rings. The van der Waals surface area contributed by atoms with Gasteiger partial charge in [-0.05, 0) is 40.7 Å². The lowest BCUT2D eigenvalue weighted by molar-refractivity contribution is -0.134. The monoisotopic (exact) mass is 748 g/mol. The van der Waals surface area contributed by atoms with Gasteiger partial charge in [-0.3, -0.25) is 29.0 Å². The fraction of sp³-hybridized carbons (Fsp3) is 0.268. The lowest BCUT2D eigenvalue weighted by Gasteiger charge is -2.26. The molecule has 0 heterocycles. The smallest absolute Gasteiger partial charge is 0.245 e. The zero-order valence-corrected chi connectivity index (χ0v) is 30.4. The van der Waals surface area contributed by atoms with E-state index in [-0.39, 0.29) is 44.6 Å². The lowest BCUT2D eigenvalue weighted by atomic mass is 10.0. The summed E-state index contributed by atoms with van der Waals surface area (Å²) >= 11 is 0. The summed E-state index contributed by atoms with van der Waals surface area (Å²) in [7, 11) is 0. The van der Waals surface area contributed by atoms with Crippen molar-refractivity contribution in [3.8, 4) is 11.1 Å². The van der Waals surface area contributed by atoms with Crippen LogP contribution in [0.15, 0.2) is 120 Å². The Balaban J connectivity index is 1.46. The number of carbonyl (C=O) groups is 5. The summed E-state index contributed by atoms with van der Waals surface area (Å²) in [4.78, 5) is 70.4. The summed E-state index contributed by atoms with van der Waals surface area (Å²) in [5.41, 5.74) is 20.8. The third kappa shape index (κ3) is 13.7. The number of carbonyl (C=O) groups excluding carboxylic acids is 5. The number of hydrogen-bond acceptors (Lipinski definition) is 7. The van der Waals surface area contributed by atoms with Crippen LogP contribution in [0.2, 0.25) is 0 Å². The Morgan fingerprint density at radius 2 is 1.02 bits per heavy atom. The molecule has 288 valence electrons. The SMILES string of the molecule is NC(=O)[C@H](Cc1ccccc1)NC(=O)[C@H](Cc1ccccc1)NC(=O)[C@@H](CCCN=C(N)N)NC(=O)[C@H](CO)NC(=O)Cc1ccc(-c2ccccc2)cc1. The van der Waals surface area contributed by atoms with Gasteiger partial charge in [-0.25, -0.2) is 0 Å². The zero-order valence-electron chi connectivity index (χ0n) is 30.4. The molecule has 14 heteroatoms. The van der Waals surface area contributed by atoms with Gasteiger partial charge in [-0.15, -0.1) is 0 Å². The molecular weight excluding hydrogens is 701 g/mol. The Kier molecular flexibility index (Phi) is 15.9. The molecule has 0 aliphatic heterocycles. The lowest BCUT2D eigenvalue weighted by Crippen LogP contribution is -2.59. The average Bonchev–Trinajstić information content (AvgIpc) is 3.18. The quantitative estimate of drug-likeness (QED) is 0.0365. The molecule has 0 radical (unpaired) electrons. The number of rotatable bonds is 20. The second-order valence-electron chi connectivity index (χ2n) is 13.0. The molecule has 5 amide bonds. The van der Waals surface area contributed by atoms with Crippen molar-refractivity contribution in [2.75, 3.05) is 13.2 Å². The summed E-state index contributed by atoms with van der Waals surface area (Å²) in [5, 5.41) is 20.6. The molecule has 0 bridgehead atoms. The van der Waals surface area contributed by atoms with Crippen LogP contribution in [0.5, 0.6) is 0 Å². The van der Waals surface area contributed by atoms with Crippen LogP contribution < -0.4 is 38.5 Å². The van der Waals surface area contributed by atoms with E-state index in [1.54, 1.807) is 54.6 Å². The fourth-order valence-corrected chi connectivity index (χ4v) is 5.79. The molecule has 55 heavy (non-hydrogen) atoms. The number of benzene rings is 4. The third-order valence-electron chi connectivity index (χ3n) is 8.70. The summed E-state index contributed by atoms with van der Waals surface area (Å²) in [6.07, 6.45) is 0.401. The van der Waals surface area contributed by atoms with E-state index in [1.165, 1.54) is 0 Å². The molecule has 0 aromatic heterocycles. The van der Waals surface area contributed by atoms with Gasteiger partial charge in [-0.1, -0.05) is 115 Å². The van der Waals surface area contributed by atoms with Crippen molar-refractivity contribution in [2.24, 2.45) is 22.2 Å². The molecular formula is C41H48N8O6. The zero-order chi connectivity index (χ0) is 39.6. The largest absolute Gasteiger partial charge is 0.394 e. The summed E-state index contributed by atoms with van der Waals surface area (Å²) in [6, 6.07) is 30.2. The van der Waals surface area contributed by atoms with Gasteiger partial charge in [0.15, 0.2) is 5.96 Å². The number of guanidine groups is 1. The number of nitrogens with zero attached hydrogens (tertiary/aromatic N) is 1. The van der Waals surface area contributed by atoms with E-state index in [1.807, 2.05) is 60.7 Å². The van der Waals surface area contributed by atoms with Crippen LogP contribution in [0.3, 0.4) is 0 Å². The minimum atomic E-state index is -1.39. The van der Waals surface area contributed by atoms with Crippen molar-refractivity contribution < 1.29 is 29.1 Å². The summed E-state index contributed by atoms with van der Waals surface area (Å²) in [6.45, 7) is -0.610. The van der Waals surface area contributed by atoms with Crippen molar-refractivity contribution in [3.63, 3.8) is 0 Å². The predicted octanol–water partition coefficient (Wildman–Crippen LogP) is 0.852. The molecule has 0 aliphatic carbocycles. The van der Waals surface area contributed by atoms with E-state index in [4.69, 9.17) is 17.2 Å². The Labute approximate surface area is 320 Å². The Bertz CT molecular complexity index is 1890. The van der Waals surface area contributed by atoms with Gasteiger partial charge in [-0.2, -0.15) is 0 Å². The molecule has 11 N–H and O–H groups in total. The van der Waals surface area contributed by atoms with E-state index in [0.717, 1.165) is 16.7 Å². The number of amides is 5. The minimum Gasteiger partial charge on any atom is -0.394 e. The van der Waals surface area contributed by atoms with Gasteiger partial charge in [0.1, 0.15) is 24.2 Å². The van der Waals surface area contributed by atoms with Gasteiger partial charge in [0, 0.05) is 19.4 Å². The van der Waals surface area contributed by atoms with Crippen LogP contribution in [-0.4, -0.2) is 77.9 Å². The molecule has 0 spiro atoms. The highest BCUT2D eigenvalue weighted by Gasteiger charge is 2.31. The van der Waals surface area contributed by atoms with Crippen molar-refractivity contribution in [3.05, 3.63) is 132 Å². The van der Waals surface area contributed by atoms with Crippen molar-refractivity contribution in [1.29, 1.82) is 0 Å². The van der Waals surface area contributed by atoms with Crippen LogP contribution in [-0.2, 0) is 43.2 Å². The number of nitrogens with one attached hydrogen (secondary N) is 4. The highest BCUT2D eigenvalue weighted by molar-refractivity contribution is 5.95. The number of hydrogen-bond donors (Lipinski definition) is 8. The van der Waals surface area contributed by atoms with Gasteiger partial charge < -0.3 is 43.6 Å². The topological polar surface area (TPSA) is 244 Å². The maximum absolute atomic E-state index is 13.9. The van der Waals surface area contributed by atoms with Gasteiger partial charge in [0.2, 0.25) is 29.5 Å². The standard InChI is InChI=1S/C41H48N8O6/c42-37(52)33(23-27-11-4-1-5-12-27)48-39(54)34(24-28-13-6-2-7-14-28)49-38(53)32(17-10-22-45-41(43)44)47-40(55)35(26-50)46-36(51)25-29-18-20-31(21-19-29)30-15-8-3-9-16-30/h1-9,11-16,18-21,32-35,50H,10,17,22-26H2,(H2,42,52)(H,46,51)(H,47,55)(H,48,54)(H,49,53)(H4,43,44,45)/t32-,33+,34+,35+/m1/s1. The molecule has 14 nitrogen and oxygen atoms in total. The van der Waals surface area contributed by atoms with E-state index < -0.39 is 60.3 Å². The molecule has 0 unspecified atom stereocenters. The first-order valence-corrected chi connectivity index (χ1v) is 17.9. The summed E-state index contributed by atoms with van der Waals surface area (Å²) in [5.74, 6) is -3.64. The molecule has 4 rings (SSSR count). The first-order valence-electron chi connectivity index (χ1n) is 17.9. The van der Waals surface area contributed by atoms with Crippen LogP contribution in [0, 0.1) is 0 Å². The Hall–Kier alpha value is -6.54. The number of aliphatic hydroxyl groups is 1. The average molecular weight is 749 g/mol. The molecule has 0 saturated carbocycles. The van der Waals surface area contributed by atoms with Gasteiger partial charge in [0.25, 0.3) is 0 Å².